The van der Waals surface area contributed by atoms with Crippen LogP contribution in [0.3, 0.4) is 0 Å². The van der Waals surface area contributed by atoms with E-state index in [0.717, 1.165) is 33.8 Å². The summed E-state index contributed by atoms with van der Waals surface area (Å²) < 4.78 is 0. The lowest BCUT2D eigenvalue weighted by Gasteiger charge is -2.18. The van der Waals surface area contributed by atoms with E-state index < -0.39 is 29.6 Å². The highest BCUT2D eigenvalue weighted by molar-refractivity contribution is 6.23. The molecule has 7 heteroatoms. The monoisotopic (exact) mass is 354 g/mol. The van der Waals surface area contributed by atoms with E-state index in [0.29, 0.717) is 0 Å². The van der Waals surface area contributed by atoms with Crippen LogP contribution in [0.25, 0.3) is 0 Å². The Labute approximate surface area is 149 Å². The number of benzene rings is 2. The number of aryl methyl sites for hydroxylation is 2. The number of carbonyl (C=O) groups is 3. The molecular weight excluding hydrogens is 336 g/mol. The summed E-state index contributed by atoms with van der Waals surface area (Å²) in [6.45, 7) is 3.88. The van der Waals surface area contributed by atoms with Gasteiger partial charge in [-0.05, 0) is 43.7 Å². The van der Waals surface area contributed by atoms with Gasteiger partial charge in [-0.15, -0.1) is 0 Å². The number of nitrogens with zero attached hydrogens (tertiary/aromatic N) is 1. The summed E-state index contributed by atoms with van der Waals surface area (Å²) in [5.41, 5.74) is 2.57. The predicted molar refractivity (Wildman–Crippen MR) is 95.5 cm³/mol. The molecule has 1 fully saturated rings. The molecule has 1 saturated heterocycles. The quantitative estimate of drug-likeness (QED) is 0.728. The van der Waals surface area contributed by atoms with Crippen molar-refractivity contribution in [3.63, 3.8) is 0 Å². The van der Waals surface area contributed by atoms with Crippen molar-refractivity contribution in [1.29, 1.82) is 0 Å². The molecule has 2 amide bonds. The van der Waals surface area contributed by atoms with Crippen molar-refractivity contribution in [1.82, 2.24) is 0 Å². The van der Waals surface area contributed by atoms with E-state index in [1.54, 1.807) is 0 Å². The molecule has 2 aromatic rings. The third kappa shape index (κ3) is 3.11. The zero-order valence-corrected chi connectivity index (χ0v) is 14.3. The minimum absolute atomic E-state index is 0.0323. The number of hydrogen-bond donors (Lipinski definition) is 3. The van der Waals surface area contributed by atoms with Gasteiger partial charge in [-0.2, -0.15) is 0 Å². The smallest absolute Gasteiger partial charge is 0.339 e. The van der Waals surface area contributed by atoms with E-state index in [2.05, 4.69) is 5.32 Å². The third-order valence-corrected chi connectivity index (χ3v) is 4.33. The Hall–Kier alpha value is -3.35. The van der Waals surface area contributed by atoms with Crippen molar-refractivity contribution >= 4 is 29.2 Å². The maximum Gasteiger partial charge on any atom is 0.339 e. The lowest BCUT2D eigenvalue weighted by atomic mass is 10.1. The van der Waals surface area contributed by atoms with Crippen molar-refractivity contribution in [2.24, 2.45) is 0 Å². The number of hydrogen-bond acceptors (Lipinski definition) is 5. The summed E-state index contributed by atoms with van der Waals surface area (Å²) in [5.74, 6) is -2.66. The Kier molecular flexibility index (Phi) is 4.38. The fraction of sp³-hybridized carbons (Fsp3) is 0.211. The van der Waals surface area contributed by atoms with Gasteiger partial charge in [0.2, 0.25) is 5.91 Å². The number of imide groups is 1. The van der Waals surface area contributed by atoms with Crippen molar-refractivity contribution in [3.8, 4) is 5.75 Å². The molecule has 26 heavy (non-hydrogen) atoms. The van der Waals surface area contributed by atoms with Gasteiger partial charge >= 0.3 is 5.97 Å². The lowest BCUT2D eigenvalue weighted by Crippen LogP contribution is -2.35. The standard InChI is InChI=1S/C19H18N2O5/c1-10-3-5-14(11(2)7-10)20-15-9-17(23)21(18(15)24)12-4-6-16(22)13(8-12)19(25)26/h3-8,15,20,22H,9H2,1-2H3,(H,25,26). The zero-order chi connectivity index (χ0) is 19.0. The second-order valence-electron chi connectivity index (χ2n) is 6.29. The number of rotatable bonds is 4. The van der Waals surface area contributed by atoms with Gasteiger partial charge < -0.3 is 15.5 Å². The van der Waals surface area contributed by atoms with E-state index in [1.807, 2.05) is 32.0 Å². The van der Waals surface area contributed by atoms with Crippen molar-refractivity contribution in [2.45, 2.75) is 26.3 Å². The molecular formula is C19H18N2O5. The van der Waals surface area contributed by atoms with E-state index in [4.69, 9.17) is 5.11 Å². The Morgan fingerprint density at radius 2 is 1.88 bits per heavy atom. The highest BCUT2D eigenvalue weighted by Crippen LogP contribution is 2.29. The first-order chi connectivity index (χ1) is 12.3. The fourth-order valence-corrected chi connectivity index (χ4v) is 3.01. The van der Waals surface area contributed by atoms with E-state index >= 15 is 0 Å². The average molecular weight is 354 g/mol. The number of nitrogens with one attached hydrogen (secondary N) is 1. The van der Waals surface area contributed by atoms with Crippen molar-refractivity contribution in [2.75, 3.05) is 10.2 Å². The Balaban J connectivity index is 1.87. The number of amides is 2. The maximum atomic E-state index is 12.7. The molecule has 0 aliphatic carbocycles. The van der Waals surface area contributed by atoms with E-state index in [9.17, 15) is 19.5 Å². The van der Waals surface area contributed by atoms with Crippen LogP contribution in [0.4, 0.5) is 11.4 Å². The molecule has 3 rings (SSSR count). The van der Waals surface area contributed by atoms with Gasteiger partial charge in [-0.25, -0.2) is 9.69 Å². The SMILES string of the molecule is Cc1ccc(NC2CC(=O)N(c3ccc(O)c(C(=O)O)c3)C2=O)c(C)c1. The molecule has 2 aromatic carbocycles. The number of aromatic carboxylic acids is 1. The molecule has 0 spiro atoms. The number of anilines is 2. The Morgan fingerprint density at radius 1 is 1.15 bits per heavy atom. The van der Waals surface area contributed by atoms with Gasteiger partial charge in [0.25, 0.3) is 5.91 Å². The normalized spacial score (nSPS) is 16.8. The van der Waals surface area contributed by atoms with Gasteiger partial charge in [-0.3, -0.25) is 9.59 Å². The number of carbonyl (C=O) groups excluding carboxylic acids is 2. The molecule has 1 heterocycles. The average Bonchev–Trinajstić information content (AvgIpc) is 2.84. The summed E-state index contributed by atoms with van der Waals surface area (Å²) in [7, 11) is 0. The van der Waals surface area contributed by atoms with Crippen molar-refractivity contribution in [3.05, 3.63) is 53.1 Å². The molecule has 3 N–H and O–H groups in total. The molecule has 0 aromatic heterocycles. The second kappa shape index (κ2) is 6.51. The molecule has 1 unspecified atom stereocenters. The molecule has 0 saturated carbocycles. The number of phenols is 1. The largest absolute Gasteiger partial charge is 0.507 e. The second-order valence-corrected chi connectivity index (χ2v) is 6.29. The Morgan fingerprint density at radius 3 is 2.54 bits per heavy atom. The van der Waals surface area contributed by atoms with Crippen LogP contribution in [0.1, 0.15) is 27.9 Å². The minimum atomic E-state index is -1.34. The molecule has 1 aliphatic rings. The molecule has 7 nitrogen and oxygen atoms in total. The van der Waals surface area contributed by atoms with Gasteiger partial charge in [0.15, 0.2) is 0 Å². The summed E-state index contributed by atoms with van der Waals surface area (Å²) in [6.07, 6.45) is -0.0323. The lowest BCUT2D eigenvalue weighted by molar-refractivity contribution is -0.121. The Bertz CT molecular complexity index is 922. The maximum absolute atomic E-state index is 12.7. The number of carboxylic acid groups (broad SMARTS) is 1. The summed E-state index contributed by atoms with van der Waals surface area (Å²) in [5, 5.41) is 21.8. The molecule has 134 valence electrons. The first-order valence-electron chi connectivity index (χ1n) is 8.05. The van der Waals surface area contributed by atoms with Crippen LogP contribution < -0.4 is 10.2 Å². The first-order valence-corrected chi connectivity index (χ1v) is 8.05. The zero-order valence-electron chi connectivity index (χ0n) is 14.3. The van der Waals surface area contributed by atoms with Crippen LogP contribution in [0.5, 0.6) is 5.75 Å². The van der Waals surface area contributed by atoms with Gasteiger partial charge in [-0.1, -0.05) is 17.7 Å². The summed E-state index contributed by atoms with van der Waals surface area (Å²) in [6, 6.07) is 8.63. The first kappa shape index (κ1) is 17.5. The topological polar surface area (TPSA) is 107 Å². The van der Waals surface area contributed by atoms with Crippen LogP contribution in [0, 0.1) is 13.8 Å². The van der Waals surface area contributed by atoms with E-state index in [-0.39, 0.29) is 17.7 Å². The summed E-state index contributed by atoms with van der Waals surface area (Å²) >= 11 is 0. The molecule has 1 atom stereocenters. The minimum Gasteiger partial charge on any atom is -0.507 e. The summed E-state index contributed by atoms with van der Waals surface area (Å²) in [4.78, 5) is 37.2. The predicted octanol–water partition coefficient (Wildman–Crippen LogP) is 2.45. The third-order valence-electron chi connectivity index (χ3n) is 4.33. The van der Waals surface area contributed by atoms with Crippen LogP contribution in [0.15, 0.2) is 36.4 Å². The number of carboxylic acids is 1. The molecule has 1 aliphatic heterocycles. The number of aromatic hydroxyl groups is 1. The highest BCUT2D eigenvalue weighted by Gasteiger charge is 2.40. The fourth-order valence-electron chi connectivity index (χ4n) is 3.01. The van der Waals surface area contributed by atoms with Crippen LogP contribution in [0.2, 0.25) is 0 Å². The van der Waals surface area contributed by atoms with Gasteiger partial charge in [0.1, 0.15) is 17.4 Å². The van der Waals surface area contributed by atoms with Crippen LogP contribution in [-0.4, -0.2) is 34.0 Å². The molecule has 0 bridgehead atoms. The van der Waals surface area contributed by atoms with E-state index in [1.165, 1.54) is 6.07 Å². The van der Waals surface area contributed by atoms with Gasteiger partial charge in [0, 0.05) is 5.69 Å². The van der Waals surface area contributed by atoms with Crippen LogP contribution >= 0.6 is 0 Å². The van der Waals surface area contributed by atoms with Crippen LogP contribution in [-0.2, 0) is 9.59 Å². The van der Waals surface area contributed by atoms with Gasteiger partial charge in [0.05, 0.1) is 12.1 Å². The highest BCUT2D eigenvalue weighted by atomic mass is 16.4. The molecule has 0 radical (unpaired) electrons. The van der Waals surface area contributed by atoms with Crippen molar-refractivity contribution < 1.29 is 24.6 Å².